The maximum absolute atomic E-state index is 12.0. The van der Waals surface area contributed by atoms with E-state index in [0.717, 1.165) is 0 Å². The lowest BCUT2D eigenvalue weighted by atomic mass is 9.87. The number of nitrogens with one attached hydrogen (secondary N) is 1. The molecule has 0 aliphatic carbocycles. The van der Waals surface area contributed by atoms with Gasteiger partial charge in [0.25, 0.3) is 5.69 Å². The van der Waals surface area contributed by atoms with E-state index < -0.39 is 34.7 Å². The van der Waals surface area contributed by atoms with E-state index in [9.17, 15) is 24.5 Å². The second-order valence-electron chi connectivity index (χ2n) is 5.55. The van der Waals surface area contributed by atoms with E-state index in [2.05, 4.69) is 5.32 Å². The number of ether oxygens (including phenoxy) is 2. The van der Waals surface area contributed by atoms with Gasteiger partial charge in [0.2, 0.25) is 11.8 Å². The molecule has 0 spiro atoms. The van der Waals surface area contributed by atoms with Crippen LogP contribution in [0.15, 0.2) is 24.3 Å². The highest BCUT2D eigenvalue weighted by atomic mass is 16.6. The second-order valence-corrected chi connectivity index (χ2v) is 5.55. The Morgan fingerprint density at radius 2 is 1.81 bits per heavy atom. The molecular weight excluding hydrogens is 358 g/mol. The normalized spacial score (nSPS) is 12.7. The lowest BCUT2D eigenvalue weighted by Gasteiger charge is -2.25. The topological polar surface area (TPSA) is 151 Å². The third kappa shape index (κ3) is 7.02. The number of esters is 1. The smallest absolute Gasteiger partial charge is 0.306 e. The first-order chi connectivity index (χ1) is 12.8. The van der Waals surface area contributed by atoms with Crippen molar-refractivity contribution in [3.8, 4) is 0 Å². The lowest BCUT2D eigenvalue weighted by Crippen LogP contribution is -2.49. The highest BCUT2D eigenvalue weighted by molar-refractivity contribution is 5.88. The van der Waals surface area contributed by atoms with Gasteiger partial charge in [-0.2, -0.15) is 0 Å². The molecule has 0 aliphatic heterocycles. The SMILES string of the molecule is CCOCC(=O)N[C@H](C(N)=O)[C@@H](CC(=O)OCC)c1ccc([N+](=O)[O-])cc1. The van der Waals surface area contributed by atoms with E-state index in [1.54, 1.807) is 13.8 Å². The van der Waals surface area contributed by atoms with Crippen molar-refractivity contribution in [3.63, 3.8) is 0 Å². The summed E-state index contributed by atoms with van der Waals surface area (Å²) in [5.74, 6) is -2.87. The number of non-ortho nitro benzene ring substituents is 1. The molecule has 0 saturated carbocycles. The molecule has 10 nitrogen and oxygen atoms in total. The molecule has 0 bridgehead atoms. The number of primary amides is 1. The maximum atomic E-state index is 12.0. The fourth-order valence-corrected chi connectivity index (χ4v) is 2.45. The van der Waals surface area contributed by atoms with Crippen LogP contribution in [0, 0.1) is 10.1 Å². The van der Waals surface area contributed by atoms with E-state index in [4.69, 9.17) is 15.2 Å². The molecule has 0 heterocycles. The first kappa shape index (κ1) is 22.0. The Hall–Kier alpha value is -3.01. The van der Waals surface area contributed by atoms with E-state index in [1.165, 1.54) is 24.3 Å². The van der Waals surface area contributed by atoms with Crippen LogP contribution >= 0.6 is 0 Å². The van der Waals surface area contributed by atoms with Crippen LogP contribution in [0.3, 0.4) is 0 Å². The summed E-state index contributed by atoms with van der Waals surface area (Å²) in [6.07, 6.45) is -0.242. The third-order valence-corrected chi connectivity index (χ3v) is 3.69. The quantitative estimate of drug-likeness (QED) is 0.324. The van der Waals surface area contributed by atoms with Crippen LogP contribution in [0.1, 0.15) is 31.7 Å². The molecule has 1 aromatic rings. The van der Waals surface area contributed by atoms with Crippen molar-refractivity contribution in [2.75, 3.05) is 19.8 Å². The fourth-order valence-electron chi connectivity index (χ4n) is 2.45. The van der Waals surface area contributed by atoms with Gasteiger partial charge in [-0.25, -0.2) is 0 Å². The lowest BCUT2D eigenvalue weighted by molar-refractivity contribution is -0.384. The van der Waals surface area contributed by atoms with Gasteiger partial charge in [0.15, 0.2) is 0 Å². The van der Waals surface area contributed by atoms with Crippen LogP contribution in [-0.2, 0) is 23.9 Å². The Kier molecular flexibility index (Phi) is 8.86. The Morgan fingerprint density at radius 3 is 2.30 bits per heavy atom. The van der Waals surface area contributed by atoms with Crippen LogP contribution in [0.4, 0.5) is 5.69 Å². The molecule has 1 rings (SSSR count). The number of hydrogen-bond donors (Lipinski definition) is 2. The summed E-state index contributed by atoms with van der Waals surface area (Å²) in [4.78, 5) is 46.1. The predicted octanol–water partition coefficient (Wildman–Crippen LogP) is 0.638. The van der Waals surface area contributed by atoms with Gasteiger partial charge >= 0.3 is 5.97 Å². The molecule has 1 aromatic carbocycles. The van der Waals surface area contributed by atoms with E-state index in [-0.39, 0.29) is 25.3 Å². The van der Waals surface area contributed by atoms with E-state index in [0.29, 0.717) is 12.2 Å². The first-order valence-corrected chi connectivity index (χ1v) is 8.36. The van der Waals surface area contributed by atoms with Gasteiger partial charge in [-0.15, -0.1) is 0 Å². The molecule has 2 atom stereocenters. The molecule has 0 radical (unpaired) electrons. The average Bonchev–Trinajstić information content (AvgIpc) is 2.63. The number of nitrogens with zero attached hydrogens (tertiary/aromatic N) is 1. The summed E-state index contributed by atoms with van der Waals surface area (Å²) in [6, 6.07) is 4.09. The highest BCUT2D eigenvalue weighted by Gasteiger charge is 2.32. The largest absolute Gasteiger partial charge is 0.466 e. The van der Waals surface area contributed by atoms with Crippen molar-refractivity contribution < 1.29 is 28.8 Å². The highest BCUT2D eigenvalue weighted by Crippen LogP contribution is 2.26. The van der Waals surface area contributed by atoms with Crippen molar-refractivity contribution in [3.05, 3.63) is 39.9 Å². The predicted molar refractivity (Wildman–Crippen MR) is 94.7 cm³/mol. The monoisotopic (exact) mass is 381 g/mol. The molecule has 27 heavy (non-hydrogen) atoms. The first-order valence-electron chi connectivity index (χ1n) is 8.36. The number of amides is 2. The molecule has 3 N–H and O–H groups in total. The number of nitro benzene ring substituents is 1. The zero-order valence-electron chi connectivity index (χ0n) is 15.2. The molecule has 0 fully saturated rings. The van der Waals surface area contributed by atoms with Gasteiger partial charge in [-0.1, -0.05) is 12.1 Å². The van der Waals surface area contributed by atoms with Crippen molar-refractivity contribution >= 4 is 23.5 Å². The number of rotatable bonds is 11. The number of carbonyl (C=O) groups excluding carboxylic acids is 3. The molecular formula is C17H23N3O7. The van der Waals surface area contributed by atoms with Crippen LogP contribution in [0.25, 0.3) is 0 Å². The average molecular weight is 381 g/mol. The van der Waals surface area contributed by atoms with Crippen LogP contribution < -0.4 is 11.1 Å². The van der Waals surface area contributed by atoms with Gasteiger partial charge < -0.3 is 20.5 Å². The summed E-state index contributed by atoms with van der Waals surface area (Å²) >= 11 is 0. The summed E-state index contributed by atoms with van der Waals surface area (Å²) in [6.45, 7) is 3.52. The van der Waals surface area contributed by atoms with Crippen molar-refractivity contribution in [2.24, 2.45) is 5.73 Å². The zero-order chi connectivity index (χ0) is 20.4. The zero-order valence-corrected chi connectivity index (χ0v) is 15.2. The standard InChI is InChI=1S/C17H23N3O7/c1-3-26-10-14(21)19-16(17(18)23)13(9-15(22)27-4-2)11-5-7-12(8-6-11)20(24)25/h5-8,13,16H,3-4,9-10H2,1-2H3,(H2,18,23)(H,19,21)/t13-,16-/m0/s1. The van der Waals surface area contributed by atoms with Gasteiger partial charge in [-0.3, -0.25) is 24.5 Å². The van der Waals surface area contributed by atoms with E-state index in [1.807, 2.05) is 0 Å². The molecule has 0 unspecified atom stereocenters. The summed E-state index contributed by atoms with van der Waals surface area (Å²) in [5, 5.41) is 13.3. The minimum absolute atomic E-state index is 0.143. The van der Waals surface area contributed by atoms with Crippen molar-refractivity contribution in [2.45, 2.75) is 32.2 Å². The molecule has 0 aliphatic rings. The summed E-state index contributed by atoms with van der Waals surface area (Å²) in [5.41, 5.74) is 5.70. The summed E-state index contributed by atoms with van der Waals surface area (Å²) in [7, 11) is 0. The van der Waals surface area contributed by atoms with Gasteiger partial charge in [0.1, 0.15) is 12.6 Å². The minimum Gasteiger partial charge on any atom is -0.466 e. The number of hydrogen-bond acceptors (Lipinski definition) is 7. The maximum Gasteiger partial charge on any atom is 0.306 e. The number of carbonyl (C=O) groups is 3. The fraction of sp³-hybridized carbons (Fsp3) is 0.471. The number of benzene rings is 1. The minimum atomic E-state index is -1.22. The Labute approximate surface area is 156 Å². The second kappa shape index (κ2) is 10.9. The Balaban J connectivity index is 3.15. The summed E-state index contributed by atoms with van der Waals surface area (Å²) < 4.78 is 9.91. The third-order valence-electron chi connectivity index (χ3n) is 3.69. The van der Waals surface area contributed by atoms with Gasteiger partial charge in [-0.05, 0) is 19.4 Å². The number of nitro groups is 1. The molecule has 0 saturated heterocycles. The van der Waals surface area contributed by atoms with Crippen molar-refractivity contribution in [1.29, 1.82) is 0 Å². The molecule has 148 valence electrons. The van der Waals surface area contributed by atoms with Crippen LogP contribution in [0.5, 0.6) is 0 Å². The van der Waals surface area contributed by atoms with Crippen LogP contribution in [0.2, 0.25) is 0 Å². The van der Waals surface area contributed by atoms with Gasteiger partial charge in [0.05, 0.1) is 18.0 Å². The molecule has 0 aromatic heterocycles. The van der Waals surface area contributed by atoms with E-state index >= 15 is 0 Å². The Bertz CT molecular complexity index is 676. The van der Waals surface area contributed by atoms with Gasteiger partial charge in [0, 0.05) is 24.7 Å². The van der Waals surface area contributed by atoms with Crippen LogP contribution in [-0.4, -0.2) is 48.6 Å². The number of nitrogens with two attached hydrogens (primary N) is 1. The van der Waals surface area contributed by atoms with Crippen molar-refractivity contribution in [1.82, 2.24) is 5.32 Å². The Morgan fingerprint density at radius 1 is 1.19 bits per heavy atom. The molecule has 2 amide bonds. The molecule has 10 heteroatoms.